The molecular formula is C22H27FN4O2. The van der Waals surface area contributed by atoms with Gasteiger partial charge in [0.2, 0.25) is 0 Å². The second-order valence-corrected chi connectivity index (χ2v) is 7.39. The van der Waals surface area contributed by atoms with E-state index in [1.807, 2.05) is 65.6 Å². The van der Waals surface area contributed by atoms with E-state index in [1.54, 1.807) is 0 Å². The Labute approximate surface area is 170 Å². The van der Waals surface area contributed by atoms with E-state index in [-0.39, 0.29) is 12.6 Å². The highest BCUT2D eigenvalue weighted by Crippen LogP contribution is 2.13. The Morgan fingerprint density at radius 3 is 2.10 bits per heavy atom. The van der Waals surface area contributed by atoms with Crippen LogP contribution in [0.5, 0.6) is 0 Å². The van der Waals surface area contributed by atoms with Crippen LogP contribution in [0.1, 0.15) is 17.5 Å². The standard InChI is InChI=1S/C22H27FN4O2/c23-20(21(28)25-19-11-12-27(15-19)22(24)29)16-26(13-17-7-3-1-4-8-17)14-18-9-5-2-6-10-18/h1-10,19-20H,11-16H2,(H2,24,29)(H,25,28). The molecule has 3 N–H and O–H groups in total. The van der Waals surface area contributed by atoms with Crippen molar-refractivity contribution in [2.75, 3.05) is 19.6 Å². The molecule has 1 fully saturated rings. The van der Waals surface area contributed by atoms with E-state index >= 15 is 0 Å². The summed E-state index contributed by atoms with van der Waals surface area (Å²) in [5, 5.41) is 2.71. The maximum Gasteiger partial charge on any atom is 0.314 e. The normalized spacial score (nSPS) is 17.3. The number of alkyl halides is 1. The molecule has 0 aliphatic carbocycles. The van der Waals surface area contributed by atoms with Crippen LogP contribution in [0.15, 0.2) is 60.7 Å². The van der Waals surface area contributed by atoms with E-state index in [2.05, 4.69) is 5.32 Å². The van der Waals surface area contributed by atoms with Gasteiger partial charge in [-0.2, -0.15) is 0 Å². The zero-order chi connectivity index (χ0) is 20.6. The van der Waals surface area contributed by atoms with Gasteiger partial charge >= 0.3 is 6.03 Å². The van der Waals surface area contributed by atoms with E-state index in [9.17, 15) is 14.0 Å². The summed E-state index contributed by atoms with van der Waals surface area (Å²) in [7, 11) is 0. The Bertz CT molecular complexity index is 761. The van der Waals surface area contributed by atoms with Crippen molar-refractivity contribution >= 4 is 11.9 Å². The van der Waals surface area contributed by atoms with Gasteiger partial charge in [-0.05, 0) is 17.5 Å². The molecule has 1 aliphatic rings. The Balaban J connectivity index is 1.59. The van der Waals surface area contributed by atoms with Gasteiger partial charge in [-0.3, -0.25) is 9.69 Å². The fraction of sp³-hybridized carbons (Fsp3) is 0.364. The molecule has 6 nitrogen and oxygen atoms in total. The molecule has 29 heavy (non-hydrogen) atoms. The van der Waals surface area contributed by atoms with Gasteiger partial charge in [-0.1, -0.05) is 60.7 Å². The maximum absolute atomic E-state index is 14.8. The topological polar surface area (TPSA) is 78.7 Å². The molecule has 2 atom stereocenters. The summed E-state index contributed by atoms with van der Waals surface area (Å²) in [6.07, 6.45) is -1.08. The number of carbonyl (C=O) groups is 2. The number of carbonyl (C=O) groups excluding carboxylic acids is 2. The van der Waals surface area contributed by atoms with E-state index < -0.39 is 18.1 Å². The molecule has 0 bridgehead atoms. The van der Waals surface area contributed by atoms with Gasteiger partial charge in [0.15, 0.2) is 6.17 Å². The summed E-state index contributed by atoms with van der Waals surface area (Å²) in [6.45, 7) is 1.88. The molecule has 1 saturated heterocycles. The molecule has 0 spiro atoms. The molecule has 2 aromatic carbocycles. The van der Waals surface area contributed by atoms with Crippen molar-refractivity contribution in [1.29, 1.82) is 0 Å². The quantitative estimate of drug-likeness (QED) is 0.716. The first-order valence-electron chi connectivity index (χ1n) is 9.80. The molecular weight excluding hydrogens is 371 g/mol. The lowest BCUT2D eigenvalue weighted by Crippen LogP contribution is -2.46. The number of amides is 3. The van der Waals surface area contributed by atoms with Gasteiger partial charge < -0.3 is 16.0 Å². The first-order chi connectivity index (χ1) is 14.0. The predicted octanol–water partition coefficient (Wildman–Crippen LogP) is 2.30. The average Bonchev–Trinajstić information content (AvgIpc) is 3.18. The third-order valence-electron chi connectivity index (χ3n) is 5.05. The third kappa shape index (κ3) is 6.29. The van der Waals surface area contributed by atoms with Gasteiger partial charge in [0.1, 0.15) is 0 Å². The molecule has 1 heterocycles. The predicted molar refractivity (Wildman–Crippen MR) is 110 cm³/mol. The summed E-state index contributed by atoms with van der Waals surface area (Å²) >= 11 is 0. The lowest BCUT2D eigenvalue weighted by Gasteiger charge is -2.25. The van der Waals surface area contributed by atoms with Crippen LogP contribution in [-0.4, -0.2) is 53.6 Å². The summed E-state index contributed by atoms with van der Waals surface area (Å²) in [5.74, 6) is -0.646. The summed E-state index contributed by atoms with van der Waals surface area (Å²) in [5.41, 5.74) is 7.38. The Morgan fingerprint density at radius 2 is 1.62 bits per heavy atom. The van der Waals surface area contributed by atoms with Crippen LogP contribution in [0.3, 0.4) is 0 Å². The maximum atomic E-state index is 14.8. The molecule has 0 saturated carbocycles. The van der Waals surface area contributed by atoms with Crippen LogP contribution < -0.4 is 11.1 Å². The number of nitrogens with zero attached hydrogens (tertiary/aromatic N) is 2. The van der Waals surface area contributed by atoms with E-state index in [0.29, 0.717) is 32.6 Å². The molecule has 3 rings (SSSR count). The van der Waals surface area contributed by atoms with E-state index in [0.717, 1.165) is 11.1 Å². The largest absolute Gasteiger partial charge is 0.351 e. The number of rotatable bonds is 8. The monoisotopic (exact) mass is 398 g/mol. The van der Waals surface area contributed by atoms with Crippen LogP contribution in [0.25, 0.3) is 0 Å². The van der Waals surface area contributed by atoms with Gasteiger partial charge in [0.25, 0.3) is 5.91 Å². The first kappa shape index (κ1) is 20.8. The number of hydrogen-bond donors (Lipinski definition) is 2. The number of primary amides is 1. The van der Waals surface area contributed by atoms with Crippen LogP contribution in [0.4, 0.5) is 9.18 Å². The highest BCUT2D eigenvalue weighted by atomic mass is 19.1. The van der Waals surface area contributed by atoms with Crippen molar-refractivity contribution < 1.29 is 14.0 Å². The van der Waals surface area contributed by atoms with Crippen molar-refractivity contribution in [3.63, 3.8) is 0 Å². The fourth-order valence-corrected chi connectivity index (χ4v) is 3.55. The van der Waals surface area contributed by atoms with Crippen LogP contribution in [0.2, 0.25) is 0 Å². The highest BCUT2D eigenvalue weighted by Gasteiger charge is 2.29. The highest BCUT2D eigenvalue weighted by molar-refractivity contribution is 5.81. The number of urea groups is 1. The average molecular weight is 398 g/mol. The number of nitrogens with one attached hydrogen (secondary N) is 1. The first-order valence-corrected chi connectivity index (χ1v) is 9.80. The minimum absolute atomic E-state index is 0.0120. The Morgan fingerprint density at radius 1 is 1.07 bits per heavy atom. The number of nitrogens with two attached hydrogens (primary N) is 1. The molecule has 2 aromatic rings. The van der Waals surface area contributed by atoms with E-state index in [4.69, 9.17) is 5.73 Å². The van der Waals surface area contributed by atoms with Gasteiger partial charge in [-0.25, -0.2) is 9.18 Å². The zero-order valence-corrected chi connectivity index (χ0v) is 16.3. The van der Waals surface area contributed by atoms with Crippen LogP contribution in [0, 0.1) is 0 Å². The second kappa shape index (κ2) is 10.0. The van der Waals surface area contributed by atoms with Crippen LogP contribution in [-0.2, 0) is 17.9 Å². The van der Waals surface area contributed by atoms with E-state index in [1.165, 1.54) is 4.90 Å². The summed E-state index contributed by atoms with van der Waals surface area (Å²) in [6, 6.07) is 18.8. The molecule has 0 radical (unpaired) electrons. The number of hydrogen-bond acceptors (Lipinski definition) is 3. The molecule has 0 aromatic heterocycles. The molecule has 7 heteroatoms. The minimum atomic E-state index is -1.66. The summed E-state index contributed by atoms with van der Waals surface area (Å²) < 4.78 is 14.8. The minimum Gasteiger partial charge on any atom is -0.351 e. The number of halogens is 1. The fourth-order valence-electron chi connectivity index (χ4n) is 3.55. The SMILES string of the molecule is NC(=O)N1CCC(NC(=O)C(F)CN(Cc2ccccc2)Cc2ccccc2)C1. The van der Waals surface area contributed by atoms with Crippen molar-refractivity contribution in [3.8, 4) is 0 Å². The lowest BCUT2D eigenvalue weighted by molar-refractivity contribution is -0.127. The Hall–Kier alpha value is -2.93. The number of benzene rings is 2. The smallest absolute Gasteiger partial charge is 0.314 e. The van der Waals surface area contributed by atoms with Crippen LogP contribution >= 0.6 is 0 Å². The molecule has 3 amide bonds. The second-order valence-electron chi connectivity index (χ2n) is 7.39. The summed E-state index contributed by atoms with van der Waals surface area (Å²) in [4.78, 5) is 27.0. The van der Waals surface area contributed by atoms with Crippen molar-refractivity contribution in [2.45, 2.75) is 31.7 Å². The molecule has 2 unspecified atom stereocenters. The third-order valence-corrected chi connectivity index (χ3v) is 5.05. The van der Waals surface area contributed by atoms with Gasteiger partial charge in [0, 0.05) is 38.8 Å². The zero-order valence-electron chi connectivity index (χ0n) is 16.3. The number of likely N-dealkylation sites (tertiary alicyclic amines) is 1. The van der Waals surface area contributed by atoms with Gasteiger partial charge in [-0.15, -0.1) is 0 Å². The van der Waals surface area contributed by atoms with Crippen molar-refractivity contribution in [1.82, 2.24) is 15.1 Å². The Kier molecular flexibility index (Phi) is 7.19. The van der Waals surface area contributed by atoms with Crippen molar-refractivity contribution in [2.24, 2.45) is 5.73 Å². The molecule has 1 aliphatic heterocycles. The lowest BCUT2D eigenvalue weighted by atomic mass is 10.1. The van der Waals surface area contributed by atoms with Crippen molar-refractivity contribution in [3.05, 3.63) is 71.8 Å². The molecule has 154 valence electrons. The van der Waals surface area contributed by atoms with Gasteiger partial charge in [0.05, 0.1) is 0 Å².